The summed E-state index contributed by atoms with van der Waals surface area (Å²) in [5.74, 6) is 0.524. The highest BCUT2D eigenvalue weighted by molar-refractivity contribution is 7.99. The number of nitrogens with zero attached hydrogens (tertiary/aromatic N) is 1. The average Bonchev–Trinajstić information content (AvgIpc) is 3.69. The summed E-state index contributed by atoms with van der Waals surface area (Å²) >= 11 is 1.85. The summed E-state index contributed by atoms with van der Waals surface area (Å²) in [6, 6.07) is 17.0. The predicted molar refractivity (Wildman–Crippen MR) is 135 cm³/mol. The molecule has 35 heavy (non-hydrogen) atoms. The Balaban J connectivity index is 1.34. The summed E-state index contributed by atoms with van der Waals surface area (Å²) in [5.41, 5.74) is 4.63. The van der Waals surface area contributed by atoms with E-state index < -0.39 is 11.6 Å². The normalized spacial score (nSPS) is 17.2. The van der Waals surface area contributed by atoms with Gasteiger partial charge in [0.15, 0.2) is 11.6 Å². The van der Waals surface area contributed by atoms with Crippen molar-refractivity contribution in [2.45, 2.75) is 24.7 Å². The second kappa shape index (κ2) is 9.08. The summed E-state index contributed by atoms with van der Waals surface area (Å²) < 4.78 is 47.8. The molecule has 1 fully saturated rings. The van der Waals surface area contributed by atoms with E-state index in [1.165, 1.54) is 18.9 Å². The molecule has 0 bridgehead atoms. The molecule has 0 radical (unpaired) electrons. The topological polar surface area (TPSA) is 22.1 Å². The van der Waals surface area contributed by atoms with E-state index in [0.29, 0.717) is 22.2 Å². The largest absolute Gasteiger partial charge is 0.488 e. The van der Waals surface area contributed by atoms with E-state index in [2.05, 4.69) is 11.1 Å². The molecular weight excluding hydrogens is 467 g/mol. The zero-order valence-electron chi connectivity index (χ0n) is 18.8. The molecule has 6 rings (SSSR count). The molecule has 2 heterocycles. The molecule has 6 heteroatoms. The van der Waals surface area contributed by atoms with Crippen LogP contribution in [0, 0.1) is 23.4 Å². The molecular formula is C29H22F3NOS. The fourth-order valence-corrected chi connectivity index (χ4v) is 5.96. The van der Waals surface area contributed by atoms with Gasteiger partial charge in [-0.25, -0.2) is 18.2 Å². The minimum Gasteiger partial charge on any atom is -0.488 e. The number of fused-ring (bicyclic) bond motifs is 3. The van der Waals surface area contributed by atoms with Gasteiger partial charge in [0.25, 0.3) is 0 Å². The molecule has 1 aliphatic heterocycles. The first-order valence-electron chi connectivity index (χ1n) is 11.6. The van der Waals surface area contributed by atoms with E-state index in [1.807, 2.05) is 42.1 Å². The van der Waals surface area contributed by atoms with Crippen LogP contribution in [0.15, 0.2) is 60.7 Å². The molecule has 0 spiro atoms. The molecule has 1 atom stereocenters. The molecule has 0 N–H and O–H groups in total. The number of benzene rings is 3. The lowest BCUT2D eigenvalue weighted by atomic mass is 9.98. The Kier molecular flexibility index (Phi) is 5.77. The third-order valence-corrected chi connectivity index (χ3v) is 8.03. The van der Waals surface area contributed by atoms with Gasteiger partial charge in [0.05, 0.1) is 16.5 Å². The zero-order chi connectivity index (χ0) is 23.9. The Morgan fingerprint density at radius 2 is 1.74 bits per heavy atom. The van der Waals surface area contributed by atoms with Gasteiger partial charge in [-0.15, -0.1) is 11.8 Å². The van der Waals surface area contributed by atoms with E-state index in [1.54, 1.807) is 18.2 Å². The van der Waals surface area contributed by atoms with Gasteiger partial charge in [0, 0.05) is 22.6 Å². The minimum absolute atomic E-state index is 0.0104. The minimum atomic E-state index is -0.914. The fourth-order valence-electron chi connectivity index (χ4n) is 4.40. The van der Waals surface area contributed by atoms with Crippen molar-refractivity contribution in [3.05, 3.63) is 106 Å². The van der Waals surface area contributed by atoms with Gasteiger partial charge in [-0.2, -0.15) is 0 Å². The van der Waals surface area contributed by atoms with E-state index in [9.17, 15) is 13.2 Å². The monoisotopic (exact) mass is 489 g/mol. The number of halogens is 3. The van der Waals surface area contributed by atoms with Crippen LogP contribution in [-0.4, -0.2) is 10.7 Å². The molecule has 2 aliphatic rings. The van der Waals surface area contributed by atoms with Crippen LogP contribution in [0.1, 0.15) is 46.0 Å². The second-order valence-corrected chi connectivity index (χ2v) is 10.2. The molecule has 4 aromatic rings. The van der Waals surface area contributed by atoms with Gasteiger partial charge in [-0.05, 0) is 72.0 Å². The smallest absolute Gasteiger partial charge is 0.161 e. The Morgan fingerprint density at radius 3 is 2.60 bits per heavy atom. The Morgan fingerprint density at radius 1 is 0.886 bits per heavy atom. The van der Waals surface area contributed by atoms with E-state index in [0.717, 1.165) is 46.2 Å². The third kappa shape index (κ3) is 4.55. The van der Waals surface area contributed by atoms with Gasteiger partial charge in [-0.3, -0.25) is 0 Å². The summed E-state index contributed by atoms with van der Waals surface area (Å²) in [6.45, 7) is 0.211. The second-order valence-electron chi connectivity index (χ2n) is 9.08. The lowest BCUT2D eigenvalue weighted by molar-refractivity contribution is 0.301. The SMILES string of the molecule is Fc1cc2ccc(C=Cc3ccc4c(c3)C(SCC3CC3)c3cccc(F)c3CO4)nc2cc1F. The average molecular weight is 490 g/mol. The van der Waals surface area contributed by atoms with Crippen molar-refractivity contribution in [2.24, 2.45) is 5.92 Å². The maximum absolute atomic E-state index is 14.7. The van der Waals surface area contributed by atoms with Crippen molar-refractivity contribution in [1.29, 1.82) is 0 Å². The van der Waals surface area contributed by atoms with Crippen LogP contribution in [-0.2, 0) is 6.61 Å². The van der Waals surface area contributed by atoms with Crippen molar-refractivity contribution in [1.82, 2.24) is 4.98 Å². The Hall–Kier alpha value is -3.25. The number of aromatic nitrogens is 1. The lowest BCUT2D eigenvalue weighted by Gasteiger charge is -2.19. The van der Waals surface area contributed by atoms with Gasteiger partial charge < -0.3 is 4.74 Å². The summed E-state index contributed by atoms with van der Waals surface area (Å²) in [7, 11) is 0. The third-order valence-electron chi connectivity index (χ3n) is 6.52. The fraction of sp³-hybridized carbons (Fsp3) is 0.207. The number of thioether (sulfide) groups is 1. The van der Waals surface area contributed by atoms with Gasteiger partial charge in [-0.1, -0.05) is 30.3 Å². The van der Waals surface area contributed by atoms with Crippen molar-refractivity contribution in [2.75, 3.05) is 5.75 Å². The van der Waals surface area contributed by atoms with Crippen LogP contribution in [0.25, 0.3) is 23.1 Å². The molecule has 176 valence electrons. The lowest BCUT2D eigenvalue weighted by Crippen LogP contribution is -2.03. The highest BCUT2D eigenvalue weighted by atomic mass is 32.2. The van der Waals surface area contributed by atoms with Crippen LogP contribution in [0.3, 0.4) is 0 Å². The van der Waals surface area contributed by atoms with Crippen LogP contribution >= 0.6 is 11.8 Å². The van der Waals surface area contributed by atoms with E-state index >= 15 is 0 Å². The van der Waals surface area contributed by atoms with Crippen LogP contribution in [0.5, 0.6) is 5.75 Å². The van der Waals surface area contributed by atoms with Crippen molar-refractivity contribution in [3.63, 3.8) is 0 Å². The Labute approximate surface area is 205 Å². The first kappa shape index (κ1) is 22.2. The van der Waals surface area contributed by atoms with E-state index in [4.69, 9.17) is 4.74 Å². The molecule has 1 aliphatic carbocycles. The predicted octanol–water partition coefficient (Wildman–Crippen LogP) is 7.95. The Bertz CT molecular complexity index is 1460. The zero-order valence-corrected chi connectivity index (χ0v) is 19.6. The van der Waals surface area contributed by atoms with Crippen molar-refractivity contribution < 1.29 is 17.9 Å². The quantitative estimate of drug-likeness (QED) is 0.284. The number of pyridine rings is 1. The molecule has 0 saturated heterocycles. The maximum atomic E-state index is 14.7. The molecule has 1 aromatic heterocycles. The highest BCUT2D eigenvalue weighted by Gasteiger charge is 2.30. The van der Waals surface area contributed by atoms with Crippen molar-refractivity contribution >= 4 is 34.8 Å². The molecule has 0 amide bonds. The van der Waals surface area contributed by atoms with Crippen molar-refractivity contribution in [3.8, 4) is 5.75 Å². The molecule has 1 unspecified atom stereocenters. The number of hydrogen-bond donors (Lipinski definition) is 0. The van der Waals surface area contributed by atoms with E-state index in [-0.39, 0.29) is 17.7 Å². The summed E-state index contributed by atoms with van der Waals surface area (Å²) in [6.07, 6.45) is 6.31. The first-order valence-corrected chi connectivity index (χ1v) is 12.7. The van der Waals surface area contributed by atoms with Crippen LogP contribution in [0.2, 0.25) is 0 Å². The van der Waals surface area contributed by atoms with Crippen LogP contribution < -0.4 is 4.74 Å². The molecule has 3 aromatic carbocycles. The number of hydrogen-bond acceptors (Lipinski definition) is 3. The first-order chi connectivity index (χ1) is 17.0. The standard InChI is InChI=1S/C29H22F3NOS/c30-24-3-1-2-21-23(24)15-34-28-11-7-17(12-22(28)29(21)35-16-18-4-5-18)6-9-20-10-8-19-13-25(31)26(32)14-27(19)33-20/h1-3,6-14,18,29H,4-5,15-16H2. The number of rotatable bonds is 5. The summed E-state index contributed by atoms with van der Waals surface area (Å²) in [5, 5.41) is 0.536. The van der Waals surface area contributed by atoms with Gasteiger partial charge in [0.2, 0.25) is 0 Å². The van der Waals surface area contributed by atoms with Crippen LogP contribution in [0.4, 0.5) is 13.2 Å². The summed E-state index contributed by atoms with van der Waals surface area (Å²) in [4.78, 5) is 4.44. The highest BCUT2D eigenvalue weighted by Crippen LogP contribution is 2.47. The number of ether oxygens (including phenoxy) is 1. The molecule has 1 saturated carbocycles. The van der Waals surface area contributed by atoms with Gasteiger partial charge >= 0.3 is 0 Å². The maximum Gasteiger partial charge on any atom is 0.161 e. The molecule has 2 nitrogen and oxygen atoms in total. The van der Waals surface area contributed by atoms with Gasteiger partial charge in [0.1, 0.15) is 18.2 Å².